The zero-order valence-electron chi connectivity index (χ0n) is 16.9. The Kier molecular flexibility index (Phi) is 6.19. The predicted molar refractivity (Wildman–Crippen MR) is 113 cm³/mol. The highest BCUT2D eigenvalue weighted by Gasteiger charge is 2.32. The van der Waals surface area contributed by atoms with Gasteiger partial charge in [0.15, 0.2) is 5.65 Å². The second kappa shape index (κ2) is 8.88. The summed E-state index contributed by atoms with van der Waals surface area (Å²) in [4.78, 5) is 15.6. The second-order valence-electron chi connectivity index (χ2n) is 7.56. The molecule has 1 aromatic carbocycles. The normalized spacial score (nSPS) is 17.7. The van der Waals surface area contributed by atoms with Crippen molar-refractivity contribution in [2.45, 2.75) is 29.8 Å². The Balaban J connectivity index is 1.45. The molecule has 1 unspecified atom stereocenters. The summed E-state index contributed by atoms with van der Waals surface area (Å²) in [6.07, 6.45) is 0.203. The summed E-state index contributed by atoms with van der Waals surface area (Å²) in [6.45, 7) is 1.50. The second-order valence-corrected chi connectivity index (χ2v) is 8.44. The molecule has 31 heavy (non-hydrogen) atoms. The predicted octanol–water partition coefficient (Wildman–Crippen LogP) is 4.29. The van der Waals surface area contributed by atoms with E-state index in [1.54, 1.807) is 11.8 Å². The van der Waals surface area contributed by atoms with Crippen LogP contribution in [0.15, 0.2) is 47.5 Å². The minimum Gasteiger partial charge on any atom is -0.325 e. The van der Waals surface area contributed by atoms with Crippen molar-refractivity contribution in [3.05, 3.63) is 54.0 Å². The average molecular weight is 450 g/mol. The number of hydrogen-bond donors (Lipinski definition) is 1. The van der Waals surface area contributed by atoms with E-state index < -0.39 is 11.7 Å². The summed E-state index contributed by atoms with van der Waals surface area (Å²) in [5.41, 5.74) is 0.389. The molecule has 10 heteroatoms. The molecule has 3 heterocycles. The quantitative estimate of drug-likeness (QED) is 0.589. The van der Waals surface area contributed by atoms with E-state index in [0.29, 0.717) is 18.0 Å². The Morgan fingerprint density at radius 1 is 1.26 bits per heavy atom. The number of anilines is 1. The minimum atomic E-state index is -4.43. The van der Waals surface area contributed by atoms with Crippen molar-refractivity contribution in [3.63, 3.8) is 0 Å². The molecule has 1 saturated heterocycles. The lowest BCUT2D eigenvalue weighted by Crippen LogP contribution is -2.40. The van der Waals surface area contributed by atoms with Gasteiger partial charge in [0.1, 0.15) is 5.82 Å². The molecular weight excluding hydrogens is 427 g/mol. The number of pyridine rings is 1. The molecule has 1 aliphatic heterocycles. The van der Waals surface area contributed by atoms with Gasteiger partial charge < -0.3 is 5.32 Å². The SMILES string of the molecule is CSc1cccc(NC(=O)CN2CCCC(c3nnc4ccc(C(F)(F)F)cn34)C2)c1. The van der Waals surface area contributed by atoms with Crippen LogP contribution >= 0.6 is 11.8 Å². The molecule has 0 radical (unpaired) electrons. The molecule has 4 rings (SSSR count). The molecule has 1 fully saturated rings. The lowest BCUT2D eigenvalue weighted by molar-refractivity contribution is -0.137. The first-order chi connectivity index (χ1) is 14.8. The number of alkyl halides is 3. The van der Waals surface area contributed by atoms with Crippen molar-refractivity contribution in [1.29, 1.82) is 0 Å². The number of carbonyl (C=O) groups is 1. The van der Waals surface area contributed by atoms with Crippen molar-refractivity contribution >= 4 is 29.0 Å². The first-order valence-corrected chi connectivity index (χ1v) is 11.1. The van der Waals surface area contributed by atoms with E-state index in [-0.39, 0.29) is 18.4 Å². The molecule has 3 aromatic rings. The van der Waals surface area contributed by atoms with Gasteiger partial charge in [-0.1, -0.05) is 6.07 Å². The largest absolute Gasteiger partial charge is 0.417 e. The highest BCUT2D eigenvalue weighted by molar-refractivity contribution is 7.98. The summed E-state index contributed by atoms with van der Waals surface area (Å²) in [5, 5.41) is 11.1. The fraction of sp³-hybridized carbons (Fsp3) is 0.381. The molecule has 0 bridgehead atoms. The molecule has 164 valence electrons. The van der Waals surface area contributed by atoms with E-state index >= 15 is 0 Å². The first kappa shape index (κ1) is 21.6. The van der Waals surface area contributed by atoms with Gasteiger partial charge in [0, 0.05) is 29.2 Å². The minimum absolute atomic E-state index is 0.0974. The third-order valence-electron chi connectivity index (χ3n) is 5.35. The average Bonchev–Trinajstić information content (AvgIpc) is 3.16. The van der Waals surface area contributed by atoms with Crippen molar-refractivity contribution in [3.8, 4) is 0 Å². The Labute approximate surface area is 181 Å². The lowest BCUT2D eigenvalue weighted by Gasteiger charge is -2.31. The third-order valence-corrected chi connectivity index (χ3v) is 6.07. The van der Waals surface area contributed by atoms with Crippen molar-refractivity contribution in [1.82, 2.24) is 19.5 Å². The van der Waals surface area contributed by atoms with E-state index in [0.717, 1.165) is 42.2 Å². The van der Waals surface area contributed by atoms with E-state index in [4.69, 9.17) is 0 Å². The monoisotopic (exact) mass is 449 g/mol. The van der Waals surface area contributed by atoms with Gasteiger partial charge in [-0.05, 0) is 56.0 Å². The third kappa shape index (κ3) is 5.01. The number of nitrogens with one attached hydrogen (secondary N) is 1. The summed E-state index contributed by atoms with van der Waals surface area (Å²) >= 11 is 1.60. The van der Waals surface area contributed by atoms with Crippen molar-refractivity contribution < 1.29 is 18.0 Å². The topological polar surface area (TPSA) is 62.5 Å². The van der Waals surface area contributed by atoms with Crippen LogP contribution in [0.25, 0.3) is 5.65 Å². The van der Waals surface area contributed by atoms with Gasteiger partial charge in [-0.25, -0.2) is 0 Å². The van der Waals surface area contributed by atoms with Gasteiger partial charge in [0.05, 0.1) is 12.1 Å². The highest BCUT2D eigenvalue weighted by atomic mass is 32.2. The number of rotatable bonds is 5. The fourth-order valence-electron chi connectivity index (χ4n) is 3.87. The Morgan fingerprint density at radius 2 is 2.10 bits per heavy atom. The molecule has 1 N–H and O–H groups in total. The van der Waals surface area contributed by atoms with E-state index in [1.807, 2.05) is 35.4 Å². The van der Waals surface area contributed by atoms with E-state index in [1.165, 1.54) is 10.5 Å². The molecule has 2 aromatic heterocycles. The van der Waals surface area contributed by atoms with Crippen LogP contribution in [0, 0.1) is 0 Å². The molecule has 0 spiro atoms. The van der Waals surface area contributed by atoms with Gasteiger partial charge in [0.2, 0.25) is 5.91 Å². The van der Waals surface area contributed by atoms with E-state index in [9.17, 15) is 18.0 Å². The van der Waals surface area contributed by atoms with Crippen LogP contribution in [0.5, 0.6) is 0 Å². The van der Waals surface area contributed by atoms with Gasteiger partial charge in [0.25, 0.3) is 0 Å². The van der Waals surface area contributed by atoms with Crippen molar-refractivity contribution in [2.75, 3.05) is 31.2 Å². The molecule has 1 amide bonds. The molecule has 1 atom stereocenters. The zero-order chi connectivity index (χ0) is 22.0. The summed E-state index contributed by atoms with van der Waals surface area (Å²) < 4.78 is 40.8. The Morgan fingerprint density at radius 3 is 2.87 bits per heavy atom. The molecule has 0 aliphatic carbocycles. The van der Waals surface area contributed by atoms with Crippen LogP contribution in [0.2, 0.25) is 0 Å². The summed E-state index contributed by atoms with van der Waals surface area (Å²) in [7, 11) is 0. The van der Waals surface area contributed by atoms with Gasteiger partial charge in [-0.15, -0.1) is 22.0 Å². The number of fused-ring (bicyclic) bond motifs is 1. The maximum atomic E-state index is 13.1. The number of amides is 1. The van der Waals surface area contributed by atoms with Crippen LogP contribution in [0.4, 0.5) is 18.9 Å². The summed E-state index contributed by atoms with van der Waals surface area (Å²) in [6, 6.07) is 9.97. The van der Waals surface area contributed by atoms with Crippen molar-refractivity contribution in [2.24, 2.45) is 0 Å². The first-order valence-electron chi connectivity index (χ1n) is 9.91. The van der Waals surface area contributed by atoms with E-state index in [2.05, 4.69) is 15.5 Å². The zero-order valence-corrected chi connectivity index (χ0v) is 17.7. The van der Waals surface area contributed by atoms with Gasteiger partial charge >= 0.3 is 6.18 Å². The Hall–Kier alpha value is -2.59. The number of thioether (sulfide) groups is 1. The van der Waals surface area contributed by atoms with Crippen LogP contribution in [-0.4, -0.2) is 51.3 Å². The molecule has 6 nitrogen and oxygen atoms in total. The smallest absolute Gasteiger partial charge is 0.325 e. The number of halogens is 3. The number of piperidine rings is 1. The number of carbonyl (C=O) groups excluding carboxylic acids is 1. The van der Waals surface area contributed by atoms with Crippen LogP contribution < -0.4 is 5.32 Å². The standard InChI is InChI=1S/C21H22F3N5OS/c1-31-17-6-2-5-16(10-17)25-19(30)13-28-9-3-4-14(11-28)20-27-26-18-8-7-15(12-29(18)20)21(22,23)24/h2,5-8,10,12,14H,3-4,9,11,13H2,1H3,(H,25,30). The number of nitrogens with zero attached hydrogens (tertiary/aromatic N) is 4. The number of benzene rings is 1. The molecular formula is C21H22F3N5OS. The number of aromatic nitrogens is 3. The van der Waals surface area contributed by atoms with Crippen LogP contribution in [0.3, 0.4) is 0 Å². The van der Waals surface area contributed by atoms with Gasteiger partial charge in [-0.2, -0.15) is 13.2 Å². The molecule has 0 saturated carbocycles. The van der Waals surface area contributed by atoms with Crippen LogP contribution in [0.1, 0.15) is 30.1 Å². The Bertz CT molecular complexity index is 1080. The molecule has 1 aliphatic rings. The highest BCUT2D eigenvalue weighted by Crippen LogP contribution is 2.31. The van der Waals surface area contributed by atoms with Crippen LogP contribution in [-0.2, 0) is 11.0 Å². The number of hydrogen-bond acceptors (Lipinski definition) is 5. The lowest BCUT2D eigenvalue weighted by atomic mass is 9.97. The fourth-order valence-corrected chi connectivity index (χ4v) is 4.33. The summed E-state index contributed by atoms with van der Waals surface area (Å²) in [5.74, 6) is 0.281. The number of likely N-dealkylation sites (tertiary alicyclic amines) is 1. The maximum Gasteiger partial charge on any atom is 0.417 e. The maximum absolute atomic E-state index is 13.1. The van der Waals surface area contributed by atoms with Gasteiger partial charge in [-0.3, -0.25) is 14.1 Å².